The summed E-state index contributed by atoms with van der Waals surface area (Å²) in [5.74, 6) is -1.49. The Morgan fingerprint density at radius 1 is 1.10 bits per heavy atom. The van der Waals surface area contributed by atoms with Crippen molar-refractivity contribution < 1.29 is 19.2 Å². The largest absolute Gasteiger partial charge is 0.352 e. The van der Waals surface area contributed by atoms with Gasteiger partial charge >= 0.3 is 17.8 Å². The average Bonchev–Trinajstić information content (AvgIpc) is 2.65. The molecule has 7 nitrogen and oxygen atoms in total. The Labute approximate surface area is 123 Å². The molecule has 0 unspecified atom stereocenters. The summed E-state index contributed by atoms with van der Waals surface area (Å²) in [6, 6.07) is -0.612. The highest BCUT2D eigenvalue weighted by atomic mass is 16.2. The fraction of sp³-hybridized carbons (Fsp3) is 0.714. The molecular weight excluding hydrogens is 274 g/mol. The molecule has 1 heterocycles. The van der Waals surface area contributed by atoms with Crippen molar-refractivity contribution in [2.45, 2.75) is 45.6 Å². The minimum atomic E-state index is -0.922. The predicted molar refractivity (Wildman–Crippen MR) is 74.1 cm³/mol. The summed E-state index contributed by atoms with van der Waals surface area (Å²) in [7, 11) is 0. The molecule has 0 aromatic rings. The van der Waals surface area contributed by atoms with Crippen molar-refractivity contribution in [2.75, 3.05) is 13.1 Å². The van der Waals surface area contributed by atoms with Crippen molar-refractivity contribution in [3.8, 4) is 0 Å². The summed E-state index contributed by atoms with van der Waals surface area (Å²) in [5.41, 5.74) is 0. The maximum absolute atomic E-state index is 12.0. The van der Waals surface area contributed by atoms with Gasteiger partial charge < -0.3 is 5.32 Å². The molecule has 1 aliphatic carbocycles. The lowest BCUT2D eigenvalue weighted by Gasteiger charge is -2.27. The second-order valence-electron chi connectivity index (χ2n) is 5.75. The van der Waals surface area contributed by atoms with Crippen LogP contribution in [0.25, 0.3) is 0 Å². The van der Waals surface area contributed by atoms with E-state index < -0.39 is 17.8 Å². The van der Waals surface area contributed by atoms with Crippen molar-refractivity contribution >= 4 is 23.8 Å². The third kappa shape index (κ3) is 3.22. The number of hydrogen-bond acceptors (Lipinski definition) is 4. The van der Waals surface area contributed by atoms with Crippen LogP contribution in [0.2, 0.25) is 0 Å². The third-order valence-corrected chi connectivity index (χ3v) is 4.13. The first kappa shape index (κ1) is 15.5. The van der Waals surface area contributed by atoms with Gasteiger partial charge in [0, 0.05) is 12.6 Å². The molecule has 2 aliphatic rings. The van der Waals surface area contributed by atoms with E-state index in [1.54, 1.807) is 6.92 Å². The zero-order valence-electron chi connectivity index (χ0n) is 12.4. The number of carbonyl (C=O) groups excluding carboxylic acids is 4. The highest BCUT2D eigenvalue weighted by Crippen LogP contribution is 2.23. The van der Waals surface area contributed by atoms with Crippen LogP contribution in [0.15, 0.2) is 0 Å². The Kier molecular flexibility index (Phi) is 4.59. The van der Waals surface area contributed by atoms with Crippen LogP contribution in [0.3, 0.4) is 0 Å². The Bertz CT molecular complexity index is 469. The van der Waals surface area contributed by atoms with E-state index in [2.05, 4.69) is 12.2 Å². The lowest BCUT2D eigenvalue weighted by molar-refractivity contribution is -0.144. The van der Waals surface area contributed by atoms with Gasteiger partial charge in [0.05, 0.1) is 0 Å². The van der Waals surface area contributed by atoms with Crippen LogP contribution in [0, 0.1) is 5.92 Å². The van der Waals surface area contributed by atoms with Crippen LogP contribution in [-0.4, -0.2) is 52.7 Å². The average molecular weight is 295 g/mol. The number of rotatable bonds is 4. The number of urea groups is 1. The molecule has 0 aromatic carbocycles. The molecule has 7 heteroatoms. The monoisotopic (exact) mass is 295 g/mol. The Hall–Kier alpha value is -1.92. The second-order valence-corrected chi connectivity index (χ2v) is 5.75. The summed E-state index contributed by atoms with van der Waals surface area (Å²) < 4.78 is 0. The zero-order valence-corrected chi connectivity index (χ0v) is 12.4. The number of carbonyl (C=O) groups is 4. The summed E-state index contributed by atoms with van der Waals surface area (Å²) >= 11 is 0. The molecule has 2 rings (SSSR count). The summed E-state index contributed by atoms with van der Waals surface area (Å²) in [5, 5.41) is 2.84. The van der Waals surface area contributed by atoms with Crippen LogP contribution in [0.1, 0.15) is 39.5 Å². The molecule has 1 N–H and O–H groups in total. The van der Waals surface area contributed by atoms with Crippen molar-refractivity contribution in [2.24, 2.45) is 5.92 Å². The van der Waals surface area contributed by atoms with Crippen molar-refractivity contribution in [3.63, 3.8) is 0 Å². The molecule has 1 saturated carbocycles. The van der Waals surface area contributed by atoms with E-state index in [0.717, 1.165) is 30.6 Å². The molecular formula is C14H21N3O4. The minimum Gasteiger partial charge on any atom is -0.352 e. The van der Waals surface area contributed by atoms with Gasteiger partial charge in [-0.1, -0.05) is 6.92 Å². The van der Waals surface area contributed by atoms with Gasteiger partial charge in [0.25, 0.3) is 0 Å². The first-order chi connectivity index (χ1) is 9.93. The van der Waals surface area contributed by atoms with Gasteiger partial charge in [-0.2, -0.15) is 0 Å². The number of nitrogens with one attached hydrogen (secondary N) is 1. The maximum Gasteiger partial charge on any atom is 0.334 e. The molecule has 1 saturated heterocycles. The van der Waals surface area contributed by atoms with E-state index in [-0.39, 0.29) is 25.0 Å². The van der Waals surface area contributed by atoms with E-state index in [4.69, 9.17) is 0 Å². The van der Waals surface area contributed by atoms with Crippen LogP contribution in [0.4, 0.5) is 4.79 Å². The Morgan fingerprint density at radius 3 is 2.19 bits per heavy atom. The number of amides is 5. The van der Waals surface area contributed by atoms with E-state index >= 15 is 0 Å². The number of likely N-dealkylation sites (N-methyl/N-ethyl adjacent to an activating group) is 1. The van der Waals surface area contributed by atoms with Gasteiger partial charge in [-0.3, -0.25) is 19.3 Å². The first-order valence-electron chi connectivity index (χ1n) is 7.40. The Balaban J connectivity index is 1.89. The second kappa shape index (κ2) is 6.24. The smallest absolute Gasteiger partial charge is 0.334 e. The molecule has 5 amide bonds. The van der Waals surface area contributed by atoms with Crippen LogP contribution < -0.4 is 5.32 Å². The molecule has 0 aromatic heterocycles. The molecule has 0 atom stereocenters. The fourth-order valence-electron chi connectivity index (χ4n) is 2.79. The van der Waals surface area contributed by atoms with Gasteiger partial charge in [-0.05, 0) is 38.5 Å². The zero-order chi connectivity index (χ0) is 15.6. The lowest BCUT2D eigenvalue weighted by atomic mass is 9.87. The van der Waals surface area contributed by atoms with E-state index in [0.29, 0.717) is 10.8 Å². The maximum atomic E-state index is 12.0. The summed E-state index contributed by atoms with van der Waals surface area (Å²) in [6.07, 6.45) is 3.95. The van der Waals surface area contributed by atoms with E-state index in [9.17, 15) is 19.2 Å². The van der Waals surface area contributed by atoms with Gasteiger partial charge in [0.1, 0.15) is 6.54 Å². The highest BCUT2D eigenvalue weighted by molar-refractivity contribution is 6.45. The van der Waals surface area contributed by atoms with Crippen molar-refractivity contribution in [1.29, 1.82) is 0 Å². The normalized spacial score (nSPS) is 26.5. The minimum absolute atomic E-state index is 0.0967. The molecule has 0 spiro atoms. The topological polar surface area (TPSA) is 86.8 Å². The fourth-order valence-corrected chi connectivity index (χ4v) is 2.79. The molecule has 2 fully saturated rings. The van der Waals surface area contributed by atoms with Crippen LogP contribution in [0.5, 0.6) is 0 Å². The first-order valence-corrected chi connectivity index (χ1v) is 7.40. The summed E-state index contributed by atoms with van der Waals surface area (Å²) in [4.78, 5) is 48.6. The number of imide groups is 2. The van der Waals surface area contributed by atoms with Gasteiger partial charge in [0.15, 0.2) is 0 Å². The summed E-state index contributed by atoms with van der Waals surface area (Å²) in [6.45, 7) is 3.54. The molecule has 116 valence electrons. The van der Waals surface area contributed by atoms with Gasteiger partial charge in [-0.25, -0.2) is 9.69 Å². The lowest BCUT2D eigenvalue weighted by Crippen LogP contribution is -2.45. The standard InChI is InChI=1S/C14H21N3O4/c1-3-16-12(19)13(20)17(14(16)21)8-11(18)15-10-6-4-9(2)5-7-10/h9-10H,3-8H2,1-2H3,(H,15,18). The Morgan fingerprint density at radius 2 is 1.67 bits per heavy atom. The van der Waals surface area contributed by atoms with Crippen LogP contribution in [-0.2, 0) is 14.4 Å². The molecule has 0 radical (unpaired) electrons. The SMILES string of the molecule is CCN1C(=O)C(=O)N(CC(=O)NC2CCC(C)CC2)C1=O. The molecule has 1 aliphatic heterocycles. The van der Waals surface area contributed by atoms with E-state index in [1.807, 2.05) is 0 Å². The highest BCUT2D eigenvalue weighted by Gasteiger charge is 2.44. The molecule has 21 heavy (non-hydrogen) atoms. The number of hydrogen-bond donors (Lipinski definition) is 1. The van der Waals surface area contributed by atoms with Crippen LogP contribution >= 0.6 is 0 Å². The molecule has 0 bridgehead atoms. The third-order valence-electron chi connectivity index (χ3n) is 4.13. The van der Waals surface area contributed by atoms with Crippen molar-refractivity contribution in [1.82, 2.24) is 15.1 Å². The van der Waals surface area contributed by atoms with Gasteiger partial charge in [0.2, 0.25) is 5.91 Å². The predicted octanol–water partition coefficient (Wildman–Crippen LogP) is 0.492. The van der Waals surface area contributed by atoms with E-state index in [1.165, 1.54) is 0 Å². The quantitative estimate of drug-likeness (QED) is 0.604. The van der Waals surface area contributed by atoms with Crippen molar-refractivity contribution in [3.05, 3.63) is 0 Å². The van der Waals surface area contributed by atoms with Gasteiger partial charge in [-0.15, -0.1) is 0 Å². The number of nitrogens with zero attached hydrogens (tertiary/aromatic N) is 2.